The Labute approximate surface area is 191 Å². The van der Waals surface area contributed by atoms with Crippen LogP contribution in [0, 0.1) is 0 Å². The lowest BCUT2D eigenvalue weighted by molar-refractivity contribution is -0.121. The average molecular weight is 441 g/mol. The Bertz CT molecular complexity index is 870. The molecule has 0 radical (unpaired) electrons. The summed E-state index contributed by atoms with van der Waals surface area (Å²) in [5.74, 6) is 1.22. The van der Waals surface area contributed by atoms with Gasteiger partial charge in [-0.05, 0) is 70.0 Å². The molecule has 0 aliphatic carbocycles. The summed E-state index contributed by atoms with van der Waals surface area (Å²) in [6.45, 7) is 11.0. The minimum atomic E-state index is -0.292. The van der Waals surface area contributed by atoms with Crippen LogP contribution in [0.3, 0.4) is 0 Å². The van der Waals surface area contributed by atoms with E-state index in [4.69, 9.17) is 9.47 Å². The fraction of sp³-hybridized carbons (Fsp3) is 0.440. The van der Waals surface area contributed by atoms with Crippen molar-refractivity contribution in [1.29, 1.82) is 0 Å². The van der Waals surface area contributed by atoms with Crippen molar-refractivity contribution < 1.29 is 14.3 Å². The van der Waals surface area contributed by atoms with Gasteiger partial charge in [-0.2, -0.15) is 0 Å². The summed E-state index contributed by atoms with van der Waals surface area (Å²) in [6, 6.07) is 15.8. The molecule has 2 aromatic rings. The van der Waals surface area contributed by atoms with E-state index in [1.54, 1.807) is 7.11 Å². The van der Waals surface area contributed by atoms with Gasteiger partial charge in [0.2, 0.25) is 5.91 Å². The van der Waals surface area contributed by atoms with Crippen LogP contribution in [0.15, 0.2) is 53.5 Å². The number of hydrogen-bond acceptors (Lipinski definition) is 4. The van der Waals surface area contributed by atoms with Crippen LogP contribution in [0.25, 0.3) is 0 Å². The predicted octanol–water partition coefficient (Wildman–Crippen LogP) is 4.09. The number of benzene rings is 2. The Balaban J connectivity index is 2.08. The number of nitrogens with zero attached hydrogens (tertiary/aromatic N) is 1. The molecule has 0 unspecified atom stereocenters. The molecule has 32 heavy (non-hydrogen) atoms. The topological polar surface area (TPSA) is 84.0 Å². The first-order chi connectivity index (χ1) is 15.1. The van der Waals surface area contributed by atoms with Crippen LogP contribution in [-0.4, -0.2) is 37.2 Å². The molecular weight excluding hydrogens is 404 g/mol. The van der Waals surface area contributed by atoms with Gasteiger partial charge in [0.1, 0.15) is 5.75 Å². The van der Waals surface area contributed by atoms with Gasteiger partial charge < -0.3 is 25.4 Å². The molecule has 2 rings (SSSR count). The summed E-state index contributed by atoms with van der Waals surface area (Å²) in [6.07, 6.45) is 0.115. The molecule has 0 saturated heterocycles. The molecule has 0 bridgehead atoms. The van der Waals surface area contributed by atoms with Crippen molar-refractivity contribution >= 4 is 17.6 Å². The van der Waals surface area contributed by atoms with Crippen molar-refractivity contribution in [3.63, 3.8) is 0 Å². The normalized spacial score (nSPS) is 11.9. The van der Waals surface area contributed by atoms with Gasteiger partial charge in [0.05, 0.1) is 25.8 Å². The van der Waals surface area contributed by atoms with Gasteiger partial charge >= 0.3 is 0 Å². The lowest BCUT2D eigenvalue weighted by atomic mass is 10.1. The van der Waals surface area contributed by atoms with Gasteiger partial charge in [-0.25, -0.2) is 4.99 Å². The fourth-order valence-electron chi connectivity index (χ4n) is 2.87. The highest BCUT2D eigenvalue weighted by Crippen LogP contribution is 2.17. The number of hydrogen-bond donors (Lipinski definition) is 3. The lowest BCUT2D eigenvalue weighted by Crippen LogP contribution is -2.46. The summed E-state index contributed by atoms with van der Waals surface area (Å²) in [4.78, 5) is 16.9. The van der Waals surface area contributed by atoms with Crippen LogP contribution in [0.4, 0.5) is 5.69 Å². The zero-order chi connectivity index (χ0) is 23.6. The molecule has 1 amide bonds. The van der Waals surface area contributed by atoms with E-state index < -0.39 is 0 Å². The summed E-state index contributed by atoms with van der Waals surface area (Å²) in [7, 11) is 1.68. The van der Waals surface area contributed by atoms with E-state index in [9.17, 15) is 4.79 Å². The Kier molecular flexibility index (Phi) is 9.53. The van der Waals surface area contributed by atoms with E-state index in [2.05, 4.69) is 20.9 Å². The van der Waals surface area contributed by atoms with E-state index in [0.717, 1.165) is 22.6 Å². The minimum Gasteiger partial charge on any atom is -0.491 e. The number of aliphatic imine (C=N–C) groups is 1. The first-order valence-electron chi connectivity index (χ1n) is 10.8. The molecule has 0 aliphatic heterocycles. The number of anilines is 1. The first-order valence-corrected chi connectivity index (χ1v) is 10.8. The third-order valence-corrected chi connectivity index (χ3v) is 4.17. The molecule has 0 spiro atoms. The molecule has 0 heterocycles. The Morgan fingerprint density at radius 3 is 2.19 bits per heavy atom. The highest BCUT2D eigenvalue weighted by Gasteiger charge is 2.14. The Morgan fingerprint density at radius 2 is 1.62 bits per heavy atom. The lowest BCUT2D eigenvalue weighted by Gasteiger charge is -2.21. The van der Waals surface area contributed by atoms with Crippen molar-refractivity contribution in [3.05, 3.63) is 59.7 Å². The monoisotopic (exact) mass is 440 g/mol. The van der Waals surface area contributed by atoms with E-state index in [1.165, 1.54) is 0 Å². The van der Waals surface area contributed by atoms with Crippen LogP contribution in [0.5, 0.6) is 5.75 Å². The summed E-state index contributed by atoms with van der Waals surface area (Å²) < 4.78 is 10.9. The molecule has 0 atom stereocenters. The number of carbonyl (C=O) groups excluding carboxylic acids is 1. The molecule has 0 saturated carbocycles. The largest absolute Gasteiger partial charge is 0.491 e. The first kappa shape index (κ1) is 25.2. The standard InChI is InChI=1S/C25H36N4O3/c1-18(2)32-22-13-11-21(12-14-22)28-24(27-16-23(30)29-25(3,4)5)26-15-19-7-9-20(10-8-19)17-31-6/h7-14,18H,15-17H2,1-6H3,(H,29,30)(H2,26,27,28). The number of rotatable bonds is 9. The molecule has 0 aliphatic rings. The number of carbonyl (C=O) groups is 1. The minimum absolute atomic E-state index is 0.100. The second-order valence-electron chi connectivity index (χ2n) is 8.88. The van der Waals surface area contributed by atoms with E-state index in [0.29, 0.717) is 19.1 Å². The van der Waals surface area contributed by atoms with Crippen LogP contribution >= 0.6 is 0 Å². The maximum atomic E-state index is 12.3. The molecule has 7 heteroatoms. The van der Waals surface area contributed by atoms with Gasteiger partial charge in [0.25, 0.3) is 0 Å². The number of amides is 1. The molecule has 2 aromatic carbocycles. The molecule has 174 valence electrons. The summed E-state index contributed by atoms with van der Waals surface area (Å²) in [5.41, 5.74) is 2.73. The fourth-order valence-corrected chi connectivity index (χ4v) is 2.87. The SMILES string of the molecule is COCc1ccc(CN=C(NCC(=O)NC(C)(C)C)Nc2ccc(OC(C)C)cc2)cc1. The number of guanidine groups is 1. The molecule has 0 aromatic heterocycles. The maximum Gasteiger partial charge on any atom is 0.239 e. The Hall–Kier alpha value is -3.06. The van der Waals surface area contributed by atoms with Crippen molar-refractivity contribution in [1.82, 2.24) is 10.6 Å². The van der Waals surface area contributed by atoms with Gasteiger partial charge in [0, 0.05) is 18.3 Å². The zero-order valence-corrected chi connectivity index (χ0v) is 20.0. The second kappa shape index (κ2) is 12.1. The molecule has 0 fully saturated rings. The molecule has 3 N–H and O–H groups in total. The highest BCUT2D eigenvalue weighted by molar-refractivity contribution is 5.96. The third-order valence-electron chi connectivity index (χ3n) is 4.17. The van der Waals surface area contributed by atoms with Crippen molar-refractivity contribution in [2.24, 2.45) is 4.99 Å². The van der Waals surface area contributed by atoms with Gasteiger partial charge in [-0.1, -0.05) is 24.3 Å². The third kappa shape index (κ3) is 9.83. The maximum absolute atomic E-state index is 12.3. The van der Waals surface area contributed by atoms with Crippen molar-refractivity contribution in [3.8, 4) is 5.75 Å². The van der Waals surface area contributed by atoms with Crippen LogP contribution < -0.4 is 20.7 Å². The van der Waals surface area contributed by atoms with Crippen LogP contribution in [-0.2, 0) is 22.7 Å². The van der Waals surface area contributed by atoms with Gasteiger partial charge in [-0.3, -0.25) is 4.79 Å². The van der Waals surface area contributed by atoms with Crippen molar-refractivity contribution in [2.45, 2.75) is 59.4 Å². The average Bonchev–Trinajstić information content (AvgIpc) is 2.71. The highest BCUT2D eigenvalue weighted by atomic mass is 16.5. The van der Waals surface area contributed by atoms with Gasteiger partial charge in [-0.15, -0.1) is 0 Å². The van der Waals surface area contributed by atoms with Crippen molar-refractivity contribution in [2.75, 3.05) is 19.0 Å². The van der Waals surface area contributed by atoms with E-state index in [1.807, 2.05) is 83.1 Å². The number of ether oxygens (including phenoxy) is 2. The van der Waals surface area contributed by atoms with Crippen LogP contribution in [0.2, 0.25) is 0 Å². The van der Waals surface area contributed by atoms with Crippen LogP contribution in [0.1, 0.15) is 45.7 Å². The Morgan fingerprint density at radius 1 is 1.00 bits per heavy atom. The summed E-state index contributed by atoms with van der Waals surface area (Å²) >= 11 is 0. The van der Waals surface area contributed by atoms with E-state index >= 15 is 0 Å². The second-order valence-corrected chi connectivity index (χ2v) is 8.88. The summed E-state index contributed by atoms with van der Waals surface area (Å²) in [5, 5.41) is 9.32. The quantitative estimate of drug-likeness (QED) is 0.404. The smallest absolute Gasteiger partial charge is 0.239 e. The molecule has 7 nitrogen and oxygen atoms in total. The predicted molar refractivity (Wildman–Crippen MR) is 130 cm³/mol. The number of nitrogens with one attached hydrogen (secondary N) is 3. The van der Waals surface area contributed by atoms with E-state index in [-0.39, 0.29) is 24.1 Å². The molecular formula is C25H36N4O3. The number of methoxy groups -OCH3 is 1. The van der Waals surface area contributed by atoms with Gasteiger partial charge in [0.15, 0.2) is 5.96 Å². The zero-order valence-electron chi connectivity index (χ0n) is 20.0.